The van der Waals surface area contributed by atoms with Crippen molar-refractivity contribution in [2.75, 3.05) is 26.7 Å². The molecule has 0 aromatic carbocycles. The van der Waals surface area contributed by atoms with Crippen molar-refractivity contribution in [2.24, 2.45) is 5.73 Å². The van der Waals surface area contributed by atoms with Gasteiger partial charge in [-0.3, -0.25) is 0 Å². The van der Waals surface area contributed by atoms with Gasteiger partial charge in [0.25, 0.3) is 0 Å². The van der Waals surface area contributed by atoms with E-state index in [1.165, 1.54) is 0 Å². The molecule has 0 aliphatic heterocycles. The summed E-state index contributed by atoms with van der Waals surface area (Å²) in [4.78, 5) is 2.03. The van der Waals surface area contributed by atoms with Crippen LogP contribution in [0.4, 0.5) is 0 Å². The molecule has 10 heavy (non-hydrogen) atoms. The van der Waals surface area contributed by atoms with Crippen molar-refractivity contribution in [3.8, 4) is 0 Å². The van der Waals surface area contributed by atoms with Crippen LogP contribution in [0.1, 0.15) is 13.8 Å². The largest absolute Gasteiger partial charge is 0.388 e. The van der Waals surface area contributed by atoms with Gasteiger partial charge in [0.15, 0.2) is 0 Å². The molecule has 0 spiro atoms. The van der Waals surface area contributed by atoms with Crippen molar-refractivity contribution >= 4 is 0 Å². The van der Waals surface area contributed by atoms with E-state index in [9.17, 15) is 5.11 Å². The summed E-state index contributed by atoms with van der Waals surface area (Å²) < 4.78 is 0. The van der Waals surface area contributed by atoms with Crippen LogP contribution in [0.25, 0.3) is 0 Å². The highest BCUT2D eigenvalue weighted by Crippen LogP contribution is 2.01. The lowest BCUT2D eigenvalue weighted by molar-refractivity contribution is 0.0366. The molecule has 0 rings (SSSR count). The third-order valence-electron chi connectivity index (χ3n) is 1.59. The fourth-order valence-corrected chi connectivity index (χ4v) is 0.758. The lowest BCUT2D eigenvalue weighted by Gasteiger charge is -2.26. The molecule has 0 radical (unpaired) electrons. The lowest BCUT2D eigenvalue weighted by atomic mass is 10.1. The minimum absolute atomic E-state index is 0.317. The second kappa shape index (κ2) is 3.91. The van der Waals surface area contributed by atoms with E-state index in [1.807, 2.05) is 18.9 Å². The van der Waals surface area contributed by atoms with Crippen LogP contribution in [-0.4, -0.2) is 42.3 Å². The first-order valence-electron chi connectivity index (χ1n) is 3.63. The molecular formula is C7H18N2O. The standard InChI is InChI=1S/C7H18N2O/c1-4-9(3)6-7(2,10)5-8/h10H,4-6,8H2,1-3H3. The zero-order chi connectivity index (χ0) is 8.20. The van der Waals surface area contributed by atoms with Crippen LogP contribution < -0.4 is 5.73 Å². The van der Waals surface area contributed by atoms with Gasteiger partial charge < -0.3 is 15.7 Å². The minimum atomic E-state index is -0.731. The fourth-order valence-electron chi connectivity index (χ4n) is 0.758. The SMILES string of the molecule is CCN(C)CC(C)(O)CN. The topological polar surface area (TPSA) is 49.5 Å². The first-order chi connectivity index (χ1) is 4.52. The number of hydrogen-bond donors (Lipinski definition) is 2. The maximum atomic E-state index is 9.46. The monoisotopic (exact) mass is 146 g/mol. The maximum Gasteiger partial charge on any atom is 0.0867 e. The summed E-state index contributed by atoms with van der Waals surface area (Å²) in [5.74, 6) is 0. The molecule has 0 fully saturated rings. The summed E-state index contributed by atoms with van der Waals surface area (Å²) in [5.41, 5.74) is 4.60. The molecule has 0 aromatic heterocycles. The van der Waals surface area contributed by atoms with Crippen molar-refractivity contribution in [3.63, 3.8) is 0 Å². The average Bonchev–Trinajstić information content (AvgIpc) is 1.87. The molecule has 0 saturated carbocycles. The van der Waals surface area contributed by atoms with Gasteiger partial charge in [0.05, 0.1) is 5.60 Å². The molecule has 0 amide bonds. The number of likely N-dealkylation sites (N-methyl/N-ethyl adjacent to an activating group) is 1. The van der Waals surface area contributed by atoms with Gasteiger partial charge in [-0.05, 0) is 20.5 Å². The molecule has 0 aliphatic rings. The molecule has 3 N–H and O–H groups in total. The quantitative estimate of drug-likeness (QED) is 0.570. The third kappa shape index (κ3) is 3.82. The van der Waals surface area contributed by atoms with Gasteiger partial charge in [0, 0.05) is 13.1 Å². The number of nitrogens with two attached hydrogens (primary N) is 1. The third-order valence-corrected chi connectivity index (χ3v) is 1.59. The van der Waals surface area contributed by atoms with Crippen molar-refractivity contribution in [3.05, 3.63) is 0 Å². The van der Waals surface area contributed by atoms with E-state index in [-0.39, 0.29) is 0 Å². The number of rotatable bonds is 4. The van der Waals surface area contributed by atoms with Crippen LogP contribution in [0.3, 0.4) is 0 Å². The van der Waals surface area contributed by atoms with Crippen molar-refractivity contribution in [1.29, 1.82) is 0 Å². The number of hydrogen-bond acceptors (Lipinski definition) is 3. The first-order valence-corrected chi connectivity index (χ1v) is 3.63. The maximum absolute atomic E-state index is 9.46. The number of aliphatic hydroxyl groups is 1. The Morgan fingerprint density at radius 3 is 2.40 bits per heavy atom. The van der Waals surface area contributed by atoms with Gasteiger partial charge in [0.2, 0.25) is 0 Å². The van der Waals surface area contributed by atoms with E-state index in [4.69, 9.17) is 5.73 Å². The van der Waals surface area contributed by atoms with Crippen LogP contribution in [0, 0.1) is 0 Å². The van der Waals surface area contributed by atoms with Crippen molar-refractivity contribution in [2.45, 2.75) is 19.4 Å². The molecule has 1 atom stereocenters. The first kappa shape index (κ1) is 9.88. The molecule has 1 unspecified atom stereocenters. The Hall–Kier alpha value is -0.120. The molecular weight excluding hydrogens is 128 g/mol. The second-order valence-electron chi connectivity index (χ2n) is 3.03. The van der Waals surface area contributed by atoms with Gasteiger partial charge in [-0.2, -0.15) is 0 Å². The van der Waals surface area contributed by atoms with Gasteiger partial charge in [-0.15, -0.1) is 0 Å². The second-order valence-corrected chi connectivity index (χ2v) is 3.03. The average molecular weight is 146 g/mol. The van der Waals surface area contributed by atoms with Crippen LogP contribution in [0.5, 0.6) is 0 Å². The summed E-state index contributed by atoms with van der Waals surface area (Å²) >= 11 is 0. The van der Waals surface area contributed by atoms with Crippen LogP contribution >= 0.6 is 0 Å². The van der Waals surface area contributed by atoms with E-state index in [2.05, 4.69) is 0 Å². The van der Waals surface area contributed by atoms with Crippen molar-refractivity contribution < 1.29 is 5.11 Å². The van der Waals surface area contributed by atoms with Crippen molar-refractivity contribution in [1.82, 2.24) is 4.90 Å². The predicted molar refractivity (Wildman–Crippen MR) is 42.8 cm³/mol. The summed E-state index contributed by atoms with van der Waals surface area (Å²) in [6.45, 7) is 5.69. The molecule has 0 heterocycles. The lowest BCUT2D eigenvalue weighted by Crippen LogP contribution is -2.44. The minimum Gasteiger partial charge on any atom is -0.388 e. The van der Waals surface area contributed by atoms with E-state index >= 15 is 0 Å². The highest BCUT2D eigenvalue weighted by molar-refractivity contribution is 4.76. The molecule has 0 aliphatic carbocycles. The van der Waals surface area contributed by atoms with Gasteiger partial charge in [-0.1, -0.05) is 6.92 Å². The van der Waals surface area contributed by atoms with E-state index in [1.54, 1.807) is 6.92 Å². The Bertz CT molecular complexity index is 93.6. The predicted octanol–water partition coefficient (Wildman–Crippen LogP) is -0.352. The number of nitrogens with zero attached hydrogens (tertiary/aromatic N) is 1. The highest BCUT2D eigenvalue weighted by Gasteiger charge is 2.18. The smallest absolute Gasteiger partial charge is 0.0867 e. The fraction of sp³-hybridized carbons (Fsp3) is 1.00. The van der Waals surface area contributed by atoms with Gasteiger partial charge in [-0.25, -0.2) is 0 Å². The Morgan fingerprint density at radius 2 is 2.10 bits per heavy atom. The zero-order valence-corrected chi connectivity index (χ0v) is 7.09. The zero-order valence-electron chi connectivity index (χ0n) is 7.09. The Morgan fingerprint density at radius 1 is 1.60 bits per heavy atom. The van der Waals surface area contributed by atoms with Crippen LogP contribution in [0.2, 0.25) is 0 Å². The highest BCUT2D eigenvalue weighted by atomic mass is 16.3. The van der Waals surface area contributed by atoms with E-state index < -0.39 is 5.60 Å². The molecule has 0 saturated heterocycles. The normalized spacial score (nSPS) is 17.4. The summed E-state index contributed by atoms with van der Waals surface area (Å²) in [6, 6.07) is 0. The molecule has 0 bridgehead atoms. The van der Waals surface area contributed by atoms with E-state index in [0.717, 1.165) is 6.54 Å². The molecule has 3 nitrogen and oxygen atoms in total. The summed E-state index contributed by atoms with van der Waals surface area (Å²) in [7, 11) is 1.96. The van der Waals surface area contributed by atoms with E-state index in [0.29, 0.717) is 13.1 Å². The summed E-state index contributed by atoms with van der Waals surface area (Å²) in [6.07, 6.45) is 0. The van der Waals surface area contributed by atoms with Crippen LogP contribution in [-0.2, 0) is 0 Å². The Labute approximate surface area is 62.8 Å². The van der Waals surface area contributed by atoms with Gasteiger partial charge in [0.1, 0.15) is 0 Å². The summed E-state index contributed by atoms with van der Waals surface area (Å²) in [5, 5.41) is 9.46. The van der Waals surface area contributed by atoms with Crippen LogP contribution in [0.15, 0.2) is 0 Å². The molecule has 0 aromatic rings. The Kier molecular flexibility index (Phi) is 3.86. The molecule has 62 valence electrons. The molecule has 3 heteroatoms. The van der Waals surface area contributed by atoms with Gasteiger partial charge >= 0.3 is 0 Å². The Balaban J connectivity index is 3.64.